The summed E-state index contributed by atoms with van der Waals surface area (Å²) in [7, 11) is 0. The molecule has 0 bridgehead atoms. The number of halogens is 4. The molecule has 0 aromatic heterocycles. The second-order valence-corrected chi connectivity index (χ2v) is 4.47. The van der Waals surface area contributed by atoms with Crippen LogP contribution in [0.3, 0.4) is 0 Å². The van der Waals surface area contributed by atoms with Gasteiger partial charge in [0.05, 0.1) is 13.2 Å². The fourth-order valence-electron chi connectivity index (χ4n) is 1.39. The Balaban J connectivity index is 2.71. The molecule has 0 aliphatic carbocycles. The summed E-state index contributed by atoms with van der Waals surface area (Å²) >= 11 is 5.27. The monoisotopic (exact) mass is 322 g/mol. The van der Waals surface area contributed by atoms with Gasteiger partial charge in [-0.2, -0.15) is 13.2 Å². The van der Waals surface area contributed by atoms with Crippen LogP contribution in [-0.4, -0.2) is 30.4 Å². The predicted molar refractivity (Wildman–Crippen MR) is 72.7 cm³/mol. The highest BCUT2D eigenvalue weighted by molar-refractivity contribution is 6.33. The van der Waals surface area contributed by atoms with Crippen molar-refractivity contribution in [3.63, 3.8) is 0 Å². The molecule has 1 atom stereocenters. The molecule has 0 N–H and O–H groups in total. The molecule has 0 amide bonds. The minimum absolute atomic E-state index is 0.230. The van der Waals surface area contributed by atoms with E-state index in [1.54, 1.807) is 30.3 Å². The van der Waals surface area contributed by atoms with E-state index in [4.69, 9.17) is 11.6 Å². The van der Waals surface area contributed by atoms with Crippen molar-refractivity contribution in [2.24, 2.45) is 0 Å². The lowest BCUT2D eigenvalue weighted by atomic mass is 10.2. The second-order valence-electron chi connectivity index (χ2n) is 3.94. The Labute approximate surface area is 125 Å². The number of hydrogen-bond acceptors (Lipinski definition) is 3. The van der Waals surface area contributed by atoms with E-state index in [-0.39, 0.29) is 6.61 Å². The average molecular weight is 323 g/mol. The van der Waals surface area contributed by atoms with Gasteiger partial charge in [-0.15, -0.1) is 0 Å². The van der Waals surface area contributed by atoms with Crippen LogP contribution in [0.4, 0.5) is 13.2 Å². The van der Waals surface area contributed by atoms with Crippen LogP contribution in [0.1, 0.15) is 12.5 Å². The molecule has 0 aliphatic rings. The molecule has 0 radical (unpaired) electrons. The Morgan fingerprint density at radius 2 is 1.90 bits per heavy atom. The normalized spacial score (nSPS) is 14.9. The highest BCUT2D eigenvalue weighted by Gasteiger charge is 2.62. The van der Waals surface area contributed by atoms with E-state index < -0.39 is 23.8 Å². The number of rotatable bonds is 6. The lowest BCUT2D eigenvalue weighted by Crippen LogP contribution is -2.50. The van der Waals surface area contributed by atoms with E-state index in [2.05, 4.69) is 9.47 Å². The van der Waals surface area contributed by atoms with Crippen molar-refractivity contribution in [1.82, 2.24) is 0 Å². The molecule has 0 saturated carbocycles. The van der Waals surface area contributed by atoms with Crippen molar-refractivity contribution in [2.45, 2.75) is 18.2 Å². The molecule has 1 rings (SSSR count). The van der Waals surface area contributed by atoms with Crippen LogP contribution in [0, 0.1) is 0 Å². The molecular formula is C14H14ClF3O3. The van der Waals surface area contributed by atoms with Crippen LogP contribution in [0.2, 0.25) is 0 Å². The number of carbonyl (C=O) groups is 1. The van der Waals surface area contributed by atoms with Gasteiger partial charge in [0, 0.05) is 0 Å². The topological polar surface area (TPSA) is 35.5 Å². The number of benzene rings is 1. The zero-order valence-corrected chi connectivity index (χ0v) is 11.9. The lowest BCUT2D eigenvalue weighted by Gasteiger charge is -2.26. The van der Waals surface area contributed by atoms with Gasteiger partial charge in [0.2, 0.25) is 0 Å². The van der Waals surface area contributed by atoms with Crippen LogP contribution < -0.4 is 0 Å². The van der Waals surface area contributed by atoms with Crippen molar-refractivity contribution in [1.29, 1.82) is 0 Å². The Morgan fingerprint density at radius 3 is 2.43 bits per heavy atom. The Hall–Kier alpha value is -1.53. The lowest BCUT2D eigenvalue weighted by molar-refractivity contribution is -0.244. The molecule has 0 heterocycles. The van der Waals surface area contributed by atoms with Gasteiger partial charge < -0.3 is 9.47 Å². The van der Waals surface area contributed by atoms with Gasteiger partial charge in [0.25, 0.3) is 0 Å². The van der Waals surface area contributed by atoms with Gasteiger partial charge in [-0.25, -0.2) is 4.79 Å². The molecule has 21 heavy (non-hydrogen) atoms. The van der Waals surface area contributed by atoms with Crippen LogP contribution in [0.15, 0.2) is 36.4 Å². The van der Waals surface area contributed by atoms with E-state index in [0.717, 1.165) is 5.56 Å². The van der Waals surface area contributed by atoms with Gasteiger partial charge in [0.1, 0.15) is 0 Å². The zero-order valence-electron chi connectivity index (χ0n) is 11.2. The van der Waals surface area contributed by atoms with Crippen molar-refractivity contribution in [2.75, 3.05) is 13.2 Å². The van der Waals surface area contributed by atoms with Gasteiger partial charge >= 0.3 is 17.2 Å². The molecule has 7 heteroatoms. The second kappa shape index (κ2) is 7.47. The number of esters is 1. The molecule has 116 valence electrons. The van der Waals surface area contributed by atoms with E-state index in [1.165, 1.54) is 13.0 Å². The highest BCUT2D eigenvalue weighted by Crippen LogP contribution is 2.38. The molecule has 0 saturated heterocycles. The molecule has 1 aromatic carbocycles. The standard InChI is InChI=1S/C14H14ClF3O3/c1-2-20-12(19)13(15,14(16,17)18)21-10-6-9-11-7-4-3-5-8-11/h3-9H,2,10H2,1H3/b9-6+. The van der Waals surface area contributed by atoms with Crippen LogP contribution >= 0.6 is 11.6 Å². The first-order valence-corrected chi connectivity index (χ1v) is 6.47. The summed E-state index contributed by atoms with van der Waals surface area (Å²) in [5.41, 5.74) is 0.782. The third-order valence-corrected chi connectivity index (χ3v) is 2.87. The summed E-state index contributed by atoms with van der Waals surface area (Å²) in [6, 6.07) is 8.89. The molecule has 0 spiro atoms. The summed E-state index contributed by atoms with van der Waals surface area (Å²) in [5, 5.41) is -3.50. The number of carbonyl (C=O) groups excluding carboxylic acids is 1. The SMILES string of the molecule is CCOC(=O)C(Cl)(OC/C=C/c1ccccc1)C(F)(F)F. The maximum Gasteiger partial charge on any atom is 0.443 e. The van der Waals surface area contributed by atoms with E-state index in [9.17, 15) is 18.0 Å². The maximum absolute atomic E-state index is 12.8. The summed E-state index contributed by atoms with van der Waals surface area (Å²) < 4.78 is 47.4. The van der Waals surface area contributed by atoms with Gasteiger partial charge in [-0.1, -0.05) is 54.1 Å². The third kappa shape index (κ3) is 4.75. The molecule has 0 aliphatic heterocycles. The Morgan fingerprint density at radius 1 is 1.29 bits per heavy atom. The Bertz CT molecular complexity index is 488. The average Bonchev–Trinajstić information content (AvgIpc) is 2.43. The summed E-state index contributed by atoms with van der Waals surface area (Å²) in [5.74, 6) is -1.67. The van der Waals surface area contributed by atoms with Crippen molar-refractivity contribution >= 4 is 23.6 Å². The summed E-state index contributed by atoms with van der Waals surface area (Å²) in [4.78, 5) is 11.4. The van der Waals surface area contributed by atoms with Crippen molar-refractivity contribution in [3.8, 4) is 0 Å². The molecule has 1 aromatic rings. The first-order valence-electron chi connectivity index (χ1n) is 6.09. The van der Waals surface area contributed by atoms with Crippen LogP contribution in [0.25, 0.3) is 6.08 Å². The minimum Gasteiger partial charge on any atom is -0.463 e. The fourth-order valence-corrected chi connectivity index (χ4v) is 1.51. The molecular weight excluding hydrogens is 309 g/mol. The van der Waals surface area contributed by atoms with Gasteiger partial charge in [-0.3, -0.25) is 0 Å². The largest absolute Gasteiger partial charge is 0.463 e. The molecule has 1 unspecified atom stereocenters. The van der Waals surface area contributed by atoms with E-state index in [1.807, 2.05) is 6.07 Å². The van der Waals surface area contributed by atoms with Crippen LogP contribution in [-0.2, 0) is 14.3 Å². The van der Waals surface area contributed by atoms with Gasteiger partial charge in [0.15, 0.2) is 0 Å². The predicted octanol–water partition coefficient (Wildman–Crippen LogP) is 3.78. The minimum atomic E-state index is -5.08. The number of ether oxygens (including phenoxy) is 2. The number of hydrogen-bond donors (Lipinski definition) is 0. The highest BCUT2D eigenvalue weighted by atomic mass is 35.5. The summed E-state index contributed by atoms with van der Waals surface area (Å²) in [6.07, 6.45) is -2.20. The molecule has 3 nitrogen and oxygen atoms in total. The van der Waals surface area contributed by atoms with Crippen LogP contribution in [0.5, 0.6) is 0 Å². The maximum atomic E-state index is 12.8. The van der Waals surface area contributed by atoms with Crippen molar-refractivity contribution < 1.29 is 27.4 Å². The van der Waals surface area contributed by atoms with Gasteiger partial charge in [-0.05, 0) is 12.5 Å². The number of alkyl halides is 4. The fraction of sp³-hybridized carbons (Fsp3) is 0.357. The summed E-state index contributed by atoms with van der Waals surface area (Å²) in [6.45, 7) is 0.657. The molecule has 0 fully saturated rings. The van der Waals surface area contributed by atoms with Crippen molar-refractivity contribution in [3.05, 3.63) is 42.0 Å². The first-order chi connectivity index (χ1) is 9.81. The van der Waals surface area contributed by atoms with E-state index >= 15 is 0 Å². The first kappa shape index (κ1) is 17.5. The Kier molecular flexibility index (Phi) is 6.23. The third-order valence-electron chi connectivity index (χ3n) is 2.39. The quantitative estimate of drug-likeness (QED) is 0.590. The smallest absolute Gasteiger partial charge is 0.443 e. The van der Waals surface area contributed by atoms with E-state index in [0.29, 0.717) is 0 Å². The zero-order chi connectivity index (χ0) is 15.9.